The highest BCUT2D eigenvalue weighted by molar-refractivity contribution is 5.98. The second-order valence-corrected chi connectivity index (χ2v) is 4.94. The van der Waals surface area contributed by atoms with Crippen LogP contribution >= 0.6 is 0 Å². The number of hydrogen-bond acceptors (Lipinski definition) is 4. The lowest BCUT2D eigenvalue weighted by Crippen LogP contribution is -2.57. The van der Waals surface area contributed by atoms with E-state index in [1.165, 1.54) is 6.07 Å². The van der Waals surface area contributed by atoms with Crippen LogP contribution in [0.1, 0.15) is 12.8 Å². The molecule has 0 aromatic heterocycles. The highest BCUT2D eigenvalue weighted by Gasteiger charge is 2.44. The standard InChI is InChI=1S/C13H17FN4/c14-10-3-1-2-4-11(10)18-12(15)17-9-13(18)5-7-16-8-6-13/h1-4,16H,5-9H2,(H2,15,17). The molecule has 2 aliphatic rings. The van der Waals surface area contributed by atoms with E-state index in [0.717, 1.165) is 25.9 Å². The smallest absolute Gasteiger partial charge is 0.196 e. The molecule has 2 aliphatic heterocycles. The summed E-state index contributed by atoms with van der Waals surface area (Å²) in [4.78, 5) is 6.23. The maximum atomic E-state index is 14.0. The Balaban J connectivity index is 2.01. The van der Waals surface area contributed by atoms with Gasteiger partial charge in [-0.1, -0.05) is 12.1 Å². The predicted molar refractivity (Wildman–Crippen MR) is 70.2 cm³/mol. The third-order valence-corrected chi connectivity index (χ3v) is 3.87. The number of anilines is 1. The molecule has 1 spiro atoms. The average Bonchev–Trinajstić information content (AvgIpc) is 2.69. The van der Waals surface area contributed by atoms with Crippen LogP contribution in [0.2, 0.25) is 0 Å². The molecular weight excluding hydrogens is 231 g/mol. The Morgan fingerprint density at radius 2 is 2.00 bits per heavy atom. The fourth-order valence-corrected chi connectivity index (χ4v) is 2.90. The van der Waals surface area contributed by atoms with Gasteiger partial charge in [-0.2, -0.15) is 0 Å². The molecule has 0 unspecified atom stereocenters. The monoisotopic (exact) mass is 248 g/mol. The summed E-state index contributed by atoms with van der Waals surface area (Å²) < 4.78 is 14.0. The van der Waals surface area contributed by atoms with Gasteiger partial charge in [0.05, 0.1) is 17.8 Å². The molecule has 1 aromatic carbocycles. The second-order valence-electron chi connectivity index (χ2n) is 4.94. The minimum absolute atomic E-state index is 0.141. The van der Waals surface area contributed by atoms with E-state index in [1.54, 1.807) is 12.1 Å². The first-order valence-electron chi connectivity index (χ1n) is 6.28. The van der Waals surface area contributed by atoms with E-state index in [1.807, 2.05) is 11.0 Å². The van der Waals surface area contributed by atoms with Crippen molar-refractivity contribution in [3.63, 3.8) is 0 Å². The number of nitrogens with zero attached hydrogens (tertiary/aromatic N) is 2. The van der Waals surface area contributed by atoms with Crippen LogP contribution in [-0.4, -0.2) is 31.1 Å². The second kappa shape index (κ2) is 4.24. The maximum Gasteiger partial charge on any atom is 0.196 e. The zero-order valence-electron chi connectivity index (χ0n) is 10.2. The molecule has 0 saturated carbocycles. The molecule has 0 radical (unpaired) electrons. The molecule has 3 rings (SSSR count). The van der Waals surface area contributed by atoms with Crippen molar-refractivity contribution in [2.75, 3.05) is 24.5 Å². The summed E-state index contributed by atoms with van der Waals surface area (Å²) >= 11 is 0. The van der Waals surface area contributed by atoms with Crippen LogP contribution in [0.25, 0.3) is 0 Å². The summed E-state index contributed by atoms with van der Waals surface area (Å²) in [7, 11) is 0. The van der Waals surface area contributed by atoms with Gasteiger partial charge in [0.1, 0.15) is 5.82 Å². The number of halogens is 1. The molecule has 1 saturated heterocycles. The van der Waals surface area contributed by atoms with Crippen LogP contribution in [-0.2, 0) is 0 Å². The summed E-state index contributed by atoms with van der Waals surface area (Å²) in [5.74, 6) is 0.192. The fourth-order valence-electron chi connectivity index (χ4n) is 2.90. The van der Waals surface area contributed by atoms with Gasteiger partial charge < -0.3 is 16.0 Å². The Hall–Kier alpha value is -1.62. The molecular formula is C13H17FN4. The minimum atomic E-state index is -0.240. The van der Waals surface area contributed by atoms with Crippen molar-refractivity contribution in [1.29, 1.82) is 0 Å². The number of aliphatic imine (C=N–C) groups is 1. The molecule has 1 aromatic rings. The van der Waals surface area contributed by atoms with Gasteiger partial charge in [0.2, 0.25) is 0 Å². The first-order valence-corrected chi connectivity index (χ1v) is 6.28. The highest BCUT2D eigenvalue weighted by Crippen LogP contribution is 2.36. The van der Waals surface area contributed by atoms with Gasteiger partial charge in [-0.3, -0.25) is 4.99 Å². The van der Waals surface area contributed by atoms with Gasteiger partial charge in [-0.25, -0.2) is 4.39 Å². The summed E-state index contributed by atoms with van der Waals surface area (Å²) in [6.07, 6.45) is 1.87. The average molecular weight is 248 g/mol. The first-order chi connectivity index (χ1) is 8.73. The summed E-state index contributed by atoms with van der Waals surface area (Å²) in [5, 5.41) is 3.33. The summed E-state index contributed by atoms with van der Waals surface area (Å²) in [5.41, 5.74) is 6.37. The maximum absolute atomic E-state index is 14.0. The predicted octanol–water partition coefficient (Wildman–Crippen LogP) is 1.08. The molecule has 3 N–H and O–H groups in total. The molecule has 0 amide bonds. The van der Waals surface area contributed by atoms with E-state index in [-0.39, 0.29) is 11.4 Å². The Morgan fingerprint density at radius 3 is 2.72 bits per heavy atom. The first kappa shape index (κ1) is 11.5. The van der Waals surface area contributed by atoms with Gasteiger partial charge in [-0.15, -0.1) is 0 Å². The number of nitrogens with one attached hydrogen (secondary N) is 1. The molecule has 0 bridgehead atoms. The van der Waals surface area contributed by atoms with Gasteiger partial charge in [0.15, 0.2) is 5.96 Å². The molecule has 2 heterocycles. The van der Waals surface area contributed by atoms with Gasteiger partial charge >= 0.3 is 0 Å². The molecule has 18 heavy (non-hydrogen) atoms. The Kier molecular flexibility index (Phi) is 2.70. The zero-order valence-corrected chi connectivity index (χ0v) is 10.2. The SMILES string of the molecule is NC1=NCC2(CCNCC2)N1c1ccccc1F. The van der Waals surface area contributed by atoms with Crippen molar-refractivity contribution in [3.8, 4) is 0 Å². The quantitative estimate of drug-likeness (QED) is 0.782. The van der Waals surface area contributed by atoms with Crippen LogP contribution in [0, 0.1) is 5.82 Å². The fraction of sp³-hybridized carbons (Fsp3) is 0.462. The zero-order chi connectivity index (χ0) is 12.6. The van der Waals surface area contributed by atoms with Crippen molar-refractivity contribution in [2.24, 2.45) is 10.7 Å². The van der Waals surface area contributed by atoms with Crippen molar-refractivity contribution >= 4 is 11.6 Å². The topological polar surface area (TPSA) is 53.6 Å². The minimum Gasteiger partial charge on any atom is -0.369 e. The van der Waals surface area contributed by atoms with Crippen molar-refractivity contribution in [2.45, 2.75) is 18.4 Å². The largest absolute Gasteiger partial charge is 0.369 e. The van der Waals surface area contributed by atoms with Crippen molar-refractivity contribution in [1.82, 2.24) is 5.32 Å². The summed E-state index contributed by atoms with van der Waals surface area (Å²) in [6, 6.07) is 6.76. The van der Waals surface area contributed by atoms with Gasteiger partial charge in [0.25, 0.3) is 0 Å². The number of para-hydroxylation sites is 1. The Morgan fingerprint density at radius 1 is 1.28 bits per heavy atom. The highest BCUT2D eigenvalue weighted by atomic mass is 19.1. The molecule has 1 fully saturated rings. The summed E-state index contributed by atoms with van der Waals surface area (Å²) in [6.45, 7) is 2.51. The number of rotatable bonds is 1. The Bertz CT molecular complexity index is 480. The third kappa shape index (κ3) is 1.66. The van der Waals surface area contributed by atoms with E-state index in [2.05, 4.69) is 10.3 Å². The molecule has 0 aliphatic carbocycles. The van der Waals surface area contributed by atoms with Gasteiger partial charge in [0, 0.05) is 0 Å². The Labute approximate surface area is 106 Å². The van der Waals surface area contributed by atoms with E-state index >= 15 is 0 Å². The van der Waals surface area contributed by atoms with Crippen LogP contribution in [0.3, 0.4) is 0 Å². The van der Waals surface area contributed by atoms with E-state index in [9.17, 15) is 4.39 Å². The number of benzene rings is 1. The number of nitrogens with two attached hydrogens (primary N) is 1. The van der Waals surface area contributed by atoms with Gasteiger partial charge in [-0.05, 0) is 38.1 Å². The number of hydrogen-bond donors (Lipinski definition) is 2. The van der Waals surface area contributed by atoms with E-state index in [4.69, 9.17) is 5.73 Å². The normalized spacial score (nSPS) is 22.3. The lowest BCUT2D eigenvalue weighted by atomic mass is 9.87. The number of piperidine rings is 1. The molecule has 0 atom stereocenters. The number of guanidine groups is 1. The van der Waals surface area contributed by atoms with Crippen molar-refractivity contribution in [3.05, 3.63) is 30.1 Å². The third-order valence-electron chi connectivity index (χ3n) is 3.87. The lowest BCUT2D eigenvalue weighted by Gasteiger charge is -2.42. The van der Waals surface area contributed by atoms with Crippen LogP contribution in [0.4, 0.5) is 10.1 Å². The van der Waals surface area contributed by atoms with Crippen LogP contribution < -0.4 is 16.0 Å². The van der Waals surface area contributed by atoms with Crippen molar-refractivity contribution < 1.29 is 4.39 Å². The van der Waals surface area contributed by atoms with Crippen LogP contribution in [0.5, 0.6) is 0 Å². The van der Waals surface area contributed by atoms with Crippen LogP contribution in [0.15, 0.2) is 29.3 Å². The van der Waals surface area contributed by atoms with E-state index < -0.39 is 0 Å². The molecule has 5 heteroatoms. The molecule has 4 nitrogen and oxygen atoms in total. The lowest BCUT2D eigenvalue weighted by molar-refractivity contribution is 0.330. The molecule has 96 valence electrons. The van der Waals surface area contributed by atoms with E-state index in [0.29, 0.717) is 18.2 Å².